The van der Waals surface area contributed by atoms with Crippen LogP contribution in [0.2, 0.25) is 0 Å². The van der Waals surface area contributed by atoms with Crippen LogP contribution in [0.5, 0.6) is 0 Å². The van der Waals surface area contributed by atoms with E-state index in [1.165, 1.54) is 38.6 Å². The maximum atomic E-state index is 12.7. The quantitative estimate of drug-likeness (QED) is 0.804. The van der Waals surface area contributed by atoms with E-state index < -0.39 is 0 Å². The first kappa shape index (κ1) is 19.4. The summed E-state index contributed by atoms with van der Waals surface area (Å²) < 4.78 is 5.34. The van der Waals surface area contributed by atoms with Crippen LogP contribution in [0.25, 0.3) is 0 Å². The molecule has 3 rings (SSSR count). The smallest absolute Gasteiger partial charge is 0.251 e. The van der Waals surface area contributed by atoms with Gasteiger partial charge in [0.15, 0.2) is 0 Å². The Kier molecular flexibility index (Phi) is 7.09. The molecule has 4 heteroatoms. The molecule has 4 nitrogen and oxygen atoms in total. The lowest BCUT2D eigenvalue weighted by molar-refractivity contribution is 0.0656. The SMILES string of the molecule is COCCC1(NC(=O)c2ccccc2)CCN(CC2CCCCC2)CC1. The van der Waals surface area contributed by atoms with Crippen molar-refractivity contribution in [2.45, 2.75) is 56.9 Å². The highest BCUT2D eigenvalue weighted by Gasteiger charge is 2.36. The standard InChI is InChI=1S/C22H34N2O2/c1-26-17-14-22(23-21(25)20-10-6-3-7-11-20)12-15-24(16-13-22)18-19-8-4-2-5-9-19/h3,6-7,10-11,19H,2,4-5,8-9,12-18H2,1H3,(H,23,25). The summed E-state index contributed by atoms with van der Waals surface area (Å²) in [6, 6.07) is 9.56. The van der Waals surface area contributed by atoms with Crippen molar-refractivity contribution in [3.63, 3.8) is 0 Å². The first-order valence-electron chi connectivity index (χ1n) is 10.3. The highest BCUT2D eigenvalue weighted by Crippen LogP contribution is 2.30. The van der Waals surface area contributed by atoms with Crippen LogP contribution in [0.4, 0.5) is 0 Å². The van der Waals surface area contributed by atoms with E-state index in [-0.39, 0.29) is 11.4 Å². The third kappa shape index (κ3) is 5.31. The molecule has 1 aliphatic heterocycles. The lowest BCUT2D eigenvalue weighted by Crippen LogP contribution is -2.56. The molecular weight excluding hydrogens is 324 g/mol. The van der Waals surface area contributed by atoms with Crippen LogP contribution >= 0.6 is 0 Å². The number of methoxy groups -OCH3 is 1. The number of amides is 1. The average molecular weight is 359 g/mol. The fourth-order valence-electron chi connectivity index (χ4n) is 4.54. The van der Waals surface area contributed by atoms with Gasteiger partial charge in [0.25, 0.3) is 5.91 Å². The number of carbonyl (C=O) groups is 1. The second-order valence-corrected chi connectivity index (χ2v) is 8.15. The molecule has 1 saturated heterocycles. The third-order valence-electron chi connectivity index (χ3n) is 6.25. The van der Waals surface area contributed by atoms with Crippen LogP contribution in [0.15, 0.2) is 30.3 Å². The highest BCUT2D eigenvalue weighted by atomic mass is 16.5. The average Bonchev–Trinajstić information content (AvgIpc) is 2.70. The predicted molar refractivity (Wildman–Crippen MR) is 105 cm³/mol. The molecule has 0 atom stereocenters. The van der Waals surface area contributed by atoms with Gasteiger partial charge in [0.1, 0.15) is 0 Å². The molecule has 0 radical (unpaired) electrons. The van der Waals surface area contributed by atoms with Crippen LogP contribution in [0.1, 0.15) is 61.7 Å². The van der Waals surface area contributed by atoms with Crippen LogP contribution < -0.4 is 5.32 Å². The normalized spacial score (nSPS) is 21.4. The fourth-order valence-corrected chi connectivity index (χ4v) is 4.54. The van der Waals surface area contributed by atoms with Crippen LogP contribution in [-0.2, 0) is 4.74 Å². The largest absolute Gasteiger partial charge is 0.385 e. The van der Waals surface area contributed by atoms with Crippen molar-refractivity contribution in [2.75, 3.05) is 33.4 Å². The number of hydrogen-bond donors (Lipinski definition) is 1. The van der Waals surface area contributed by atoms with Crippen molar-refractivity contribution < 1.29 is 9.53 Å². The summed E-state index contributed by atoms with van der Waals surface area (Å²) in [5.74, 6) is 0.927. The predicted octanol–water partition coefficient (Wildman–Crippen LogP) is 3.87. The maximum Gasteiger partial charge on any atom is 0.251 e. The Bertz CT molecular complexity index is 547. The van der Waals surface area contributed by atoms with Gasteiger partial charge in [-0.2, -0.15) is 0 Å². The van der Waals surface area contributed by atoms with Crippen molar-refractivity contribution in [2.24, 2.45) is 5.92 Å². The molecule has 1 N–H and O–H groups in total. The Morgan fingerprint density at radius 3 is 2.50 bits per heavy atom. The number of ether oxygens (including phenoxy) is 1. The summed E-state index contributed by atoms with van der Waals surface area (Å²) >= 11 is 0. The minimum atomic E-state index is -0.133. The van der Waals surface area contributed by atoms with Gasteiger partial charge in [-0.05, 0) is 50.2 Å². The molecule has 1 aliphatic carbocycles. The molecule has 26 heavy (non-hydrogen) atoms. The Balaban J connectivity index is 1.57. The maximum absolute atomic E-state index is 12.7. The summed E-state index contributed by atoms with van der Waals surface area (Å²) in [4.78, 5) is 15.3. The Hall–Kier alpha value is -1.39. The Labute approximate surface area is 158 Å². The van der Waals surface area contributed by atoms with E-state index in [2.05, 4.69) is 10.2 Å². The molecule has 1 aromatic carbocycles. The van der Waals surface area contributed by atoms with Crippen molar-refractivity contribution in [3.8, 4) is 0 Å². The number of nitrogens with one attached hydrogen (secondary N) is 1. The van der Waals surface area contributed by atoms with Gasteiger partial charge in [-0.1, -0.05) is 37.5 Å². The summed E-state index contributed by atoms with van der Waals surface area (Å²) in [6.07, 6.45) is 9.95. The number of rotatable bonds is 7. The fraction of sp³-hybridized carbons (Fsp3) is 0.682. The first-order chi connectivity index (χ1) is 12.7. The van der Waals surface area contributed by atoms with Crippen molar-refractivity contribution in [1.29, 1.82) is 0 Å². The molecule has 1 aromatic rings. The summed E-state index contributed by atoms with van der Waals surface area (Å²) in [5, 5.41) is 3.36. The Morgan fingerprint density at radius 1 is 1.15 bits per heavy atom. The highest BCUT2D eigenvalue weighted by molar-refractivity contribution is 5.94. The number of benzene rings is 1. The molecular formula is C22H34N2O2. The molecule has 0 spiro atoms. The number of nitrogens with zero attached hydrogens (tertiary/aromatic N) is 1. The van der Waals surface area contributed by atoms with Gasteiger partial charge in [-0.3, -0.25) is 4.79 Å². The van der Waals surface area contributed by atoms with Crippen LogP contribution in [0, 0.1) is 5.92 Å². The van der Waals surface area contributed by atoms with Gasteiger partial charge in [0.05, 0.1) is 0 Å². The summed E-state index contributed by atoms with van der Waals surface area (Å²) in [5.41, 5.74) is 0.611. The van der Waals surface area contributed by atoms with Gasteiger partial charge in [0, 0.05) is 44.5 Å². The van der Waals surface area contributed by atoms with Crippen molar-refractivity contribution in [1.82, 2.24) is 10.2 Å². The van der Waals surface area contributed by atoms with E-state index >= 15 is 0 Å². The zero-order chi connectivity index (χ0) is 18.2. The molecule has 0 aromatic heterocycles. The molecule has 1 amide bonds. The molecule has 2 aliphatic rings. The molecule has 0 bridgehead atoms. The first-order valence-corrected chi connectivity index (χ1v) is 10.3. The van der Waals surface area contributed by atoms with E-state index in [9.17, 15) is 4.79 Å². The number of likely N-dealkylation sites (tertiary alicyclic amines) is 1. The summed E-state index contributed by atoms with van der Waals surface area (Å²) in [7, 11) is 1.74. The van der Waals surface area contributed by atoms with Crippen molar-refractivity contribution in [3.05, 3.63) is 35.9 Å². The monoisotopic (exact) mass is 358 g/mol. The van der Waals surface area contributed by atoms with Gasteiger partial charge < -0.3 is 15.0 Å². The van der Waals surface area contributed by atoms with Crippen molar-refractivity contribution >= 4 is 5.91 Å². The molecule has 0 unspecified atom stereocenters. The Morgan fingerprint density at radius 2 is 1.85 bits per heavy atom. The van der Waals surface area contributed by atoms with E-state index in [1.807, 2.05) is 30.3 Å². The minimum absolute atomic E-state index is 0.0439. The number of hydrogen-bond acceptors (Lipinski definition) is 3. The number of piperidine rings is 1. The second kappa shape index (κ2) is 9.52. The third-order valence-corrected chi connectivity index (χ3v) is 6.25. The lowest BCUT2D eigenvalue weighted by Gasteiger charge is -2.43. The topological polar surface area (TPSA) is 41.6 Å². The zero-order valence-electron chi connectivity index (χ0n) is 16.2. The van der Waals surface area contributed by atoms with E-state index in [0.717, 1.165) is 43.8 Å². The molecule has 1 heterocycles. The second-order valence-electron chi connectivity index (χ2n) is 8.15. The lowest BCUT2D eigenvalue weighted by atomic mass is 9.83. The van der Waals surface area contributed by atoms with Gasteiger partial charge >= 0.3 is 0 Å². The van der Waals surface area contributed by atoms with Gasteiger partial charge in [-0.15, -0.1) is 0 Å². The molecule has 1 saturated carbocycles. The number of carbonyl (C=O) groups excluding carboxylic acids is 1. The van der Waals surface area contributed by atoms with E-state index in [1.54, 1.807) is 7.11 Å². The van der Waals surface area contributed by atoms with Crippen LogP contribution in [0.3, 0.4) is 0 Å². The zero-order valence-corrected chi connectivity index (χ0v) is 16.2. The molecule has 2 fully saturated rings. The van der Waals surface area contributed by atoms with E-state index in [0.29, 0.717) is 6.61 Å². The molecule has 144 valence electrons. The minimum Gasteiger partial charge on any atom is -0.385 e. The van der Waals surface area contributed by atoms with Crippen LogP contribution in [-0.4, -0.2) is 49.7 Å². The van der Waals surface area contributed by atoms with Gasteiger partial charge in [-0.25, -0.2) is 0 Å². The summed E-state index contributed by atoms with van der Waals surface area (Å²) in [6.45, 7) is 4.09. The van der Waals surface area contributed by atoms with Gasteiger partial charge in [0.2, 0.25) is 0 Å². The van der Waals surface area contributed by atoms with E-state index in [4.69, 9.17) is 4.74 Å².